The van der Waals surface area contributed by atoms with Gasteiger partial charge in [-0.25, -0.2) is 0 Å². The second-order valence-electron chi connectivity index (χ2n) is 5.73. The lowest BCUT2D eigenvalue weighted by molar-refractivity contribution is -0.136. The van der Waals surface area contributed by atoms with Crippen molar-refractivity contribution in [3.8, 4) is 6.07 Å². The summed E-state index contributed by atoms with van der Waals surface area (Å²) in [5.74, 6) is -1.55. The van der Waals surface area contributed by atoms with Crippen molar-refractivity contribution in [3.63, 3.8) is 0 Å². The first-order chi connectivity index (χ1) is 14.0. The Morgan fingerprint density at radius 1 is 1.07 bits per heavy atom. The third kappa shape index (κ3) is 6.97. The van der Waals surface area contributed by atoms with Gasteiger partial charge in [-0.2, -0.15) is 5.26 Å². The number of nitriles is 1. The highest BCUT2D eigenvalue weighted by Gasteiger charge is 2.14. The SMILES string of the molecule is COCCNC(=O)C(C#N)=Cc1ccc(CNC(=O)C(=O)Nc2ccccc2)o1. The van der Waals surface area contributed by atoms with Crippen molar-refractivity contribution in [2.45, 2.75) is 6.54 Å². The van der Waals surface area contributed by atoms with Gasteiger partial charge in [0.05, 0.1) is 13.2 Å². The molecule has 3 amide bonds. The van der Waals surface area contributed by atoms with Crippen LogP contribution in [0.1, 0.15) is 11.5 Å². The van der Waals surface area contributed by atoms with Crippen LogP contribution in [0.2, 0.25) is 0 Å². The molecular formula is C20H20N4O5. The molecule has 29 heavy (non-hydrogen) atoms. The van der Waals surface area contributed by atoms with Crippen LogP contribution in [0.3, 0.4) is 0 Å². The van der Waals surface area contributed by atoms with Gasteiger partial charge in [0.15, 0.2) is 0 Å². The van der Waals surface area contributed by atoms with E-state index in [0.29, 0.717) is 18.1 Å². The minimum absolute atomic E-state index is 0.0309. The standard InChI is InChI=1S/C20H20N4O5/c1-28-10-9-22-18(25)14(12-21)11-16-7-8-17(29-16)13-23-19(26)20(27)24-15-5-3-2-4-6-15/h2-8,11H,9-10,13H2,1H3,(H,22,25)(H,23,26)(H,24,27). The van der Waals surface area contributed by atoms with Crippen LogP contribution in [0.5, 0.6) is 0 Å². The van der Waals surface area contributed by atoms with Crippen LogP contribution in [0, 0.1) is 11.3 Å². The summed E-state index contributed by atoms with van der Waals surface area (Å²) in [5, 5.41) is 16.6. The maximum Gasteiger partial charge on any atom is 0.313 e. The first-order valence-corrected chi connectivity index (χ1v) is 8.65. The summed E-state index contributed by atoms with van der Waals surface area (Å²) >= 11 is 0. The van der Waals surface area contributed by atoms with E-state index in [2.05, 4.69) is 16.0 Å². The molecule has 1 aromatic heterocycles. The van der Waals surface area contributed by atoms with Gasteiger partial charge in [0.2, 0.25) is 0 Å². The average Bonchev–Trinajstić information content (AvgIpc) is 3.18. The fourth-order valence-electron chi connectivity index (χ4n) is 2.18. The number of amides is 3. The number of rotatable bonds is 8. The summed E-state index contributed by atoms with van der Waals surface area (Å²) in [7, 11) is 1.50. The molecule has 0 bridgehead atoms. The number of ether oxygens (including phenoxy) is 1. The van der Waals surface area contributed by atoms with Crippen LogP contribution < -0.4 is 16.0 Å². The molecule has 0 unspecified atom stereocenters. The van der Waals surface area contributed by atoms with Gasteiger partial charge in [-0.3, -0.25) is 14.4 Å². The van der Waals surface area contributed by atoms with E-state index in [1.54, 1.807) is 48.5 Å². The Morgan fingerprint density at radius 3 is 2.52 bits per heavy atom. The molecule has 1 heterocycles. The largest absolute Gasteiger partial charge is 0.460 e. The molecule has 0 spiro atoms. The van der Waals surface area contributed by atoms with Gasteiger partial charge < -0.3 is 25.1 Å². The van der Waals surface area contributed by atoms with Gasteiger partial charge in [0.25, 0.3) is 5.91 Å². The Kier molecular flexibility index (Phi) is 8.16. The summed E-state index contributed by atoms with van der Waals surface area (Å²) < 4.78 is 10.3. The van der Waals surface area contributed by atoms with Crippen LogP contribution in [-0.2, 0) is 25.7 Å². The van der Waals surface area contributed by atoms with E-state index in [1.165, 1.54) is 13.2 Å². The zero-order chi connectivity index (χ0) is 21.1. The highest BCUT2D eigenvalue weighted by Crippen LogP contribution is 2.12. The minimum Gasteiger partial charge on any atom is -0.460 e. The van der Waals surface area contributed by atoms with Gasteiger partial charge in [0, 0.05) is 25.4 Å². The lowest BCUT2D eigenvalue weighted by atomic mass is 10.2. The Hall–Kier alpha value is -3.90. The summed E-state index contributed by atoms with van der Waals surface area (Å²) in [6.07, 6.45) is 1.29. The number of carbonyl (C=O) groups excluding carboxylic acids is 3. The number of hydrogen-bond acceptors (Lipinski definition) is 6. The summed E-state index contributed by atoms with van der Waals surface area (Å²) in [6.45, 7) is 0.568. The van der Waals surface area contributed by atoms with Crippen LogP contribution in [0.25, 0.3) is 6.08 Å². The molecule has 0 aliphatic carbocycles. The van der Waals surface area contributed by atoms with E-state index in [1.807, 2.05) is 0 Å². The summed E-state index contributed by atoms with van der Waals surface area (Å²) in [5.41, 5.74) is 0.374. The predicted octanol–water partition coefficient (Wildman–Crippen LogP) is 1.20. The highest BCUT2D eigenvalue weighted by molar-refractivity contribution is 6.39. The van der Waals surface area contributed by atoms with Crippen molar-refractivity contribution >= 4 is 29.5 Å². The second-order valence-corrected chi connectivity index (χ2v) is 5.73. The van der Waals surface area contributed by atoms with Gasteiger partial charge in [-0.15, -0.1) is 0 Å². The van der Waals surface area contributed by atoms with Crippen molar-refractivity contribution in [1.29, 1.82) is 5.26 Å². The number of carbonyl (C=O) groups is 3. The van der Waals surface area contributed by atoms with E-state index >= 15 is 0 Å². The topological polar surface area (TPSA) is 133 Å². The molecule has 150 valence electrons. The number of furan rings is 1. The number of nitrogens with zero attached hydrogens (tertiary/aromatic N) is 1. The Balaban J connectivity index is 1.89. The van der Waals surface area contributed by atoms with Crippen LogP contribution in [0.15, 0.2) is 52.5 Å². The van der Waals surface area contributed by atoms with Gasteiger partial charge in [0.1, 0.15) is 23.2 Å². The Bertz CT molecular complexity index is 928. The fraction of sp³-hybridized carbons (Fsp3) is 0.200. The molecule has 2 aromatic rings. The fourth-order valence-corrected chi connectivity index (χ4v) is 2.18. The Labute approximate surface area is 167 Å². The number of hydrogen-bond donors (Lipinski definition) is 3. The van der Waals surface area contributed by atoms with E-state index in [-0.39, 0.29) is 24.4 Å². The maximum atomic E-state index is 11.9. The van der Waals surface area contributed by atoms with Crippen LogP contribution in [-0.4, -0.2) is 38.0 Å². The predicted molar refractivity (Wildman–Crippen MR) is 104 cm³/mol. The molecule has 9 heteroatoms. The molecule has 0 saturated carbocycles. The number of benzene rings is 1. The number of para-hydroxylation sites is 1. The molecule has 0 aliphatic rings. The van der Waals surface area contributed by atoms with Crippen molar-refractivity contribution < 1.29 is 23.5 Å². The van der Waals surface area contributed by atoms with Crippen LogP contribution in [0.4, 0.5) is 5.69 Å². The smallest absolute Gasteiger partial charge is 0.313 e. The van der Waals surface area contributed by atoms with E-state index < -0.39 is 17.7 Å². The number of methoxy groups -OCH3 is 1. The molecule has 9 nitrogen and oxygen atoms in total. The summed E-state index contributed by atoms with van der Waals surface area (Å²) in [6, 6.07) is 13.5. The third-order valence-corrected chi connectivity index (χ3v) is 3.59. The molecule has 0 aliphatic heterocycles. The maximum absolute atomic E-state index is 11.9. The van der Waals surface area contributed by atoms with Crippen molar-refractivity contribution in [2.75, 3.05) is 25.6 Å². The molecule has 3 N–H and O–H groups in total. The normalized spacial score (nSPS) is 10.7. The van der Waals surface area contributed by atoms with Crippen molar-refractivity contribution in [1.82, 2.24) is 10.6 Å². The lowest BCUT2D eigenvalue weighted by Gasteiger charge is -2.05. The Morgan fingerprint density at radius 2 is 1.83 bits per heavy atom. The molecule has 0 radical (unpaired) electrons. The molecular weight excluding hydrogens is 376 g/mol. The molecule has 0 saturated heterocycles. The average molecular weight is 396 g/mol. The first-order valence-electron chi connectivity index (χ1n) is 8.65. The van der Waals surface area contributed by atoms with Crippen molar-refractivity contribution in [2.24, 2.45) is 0 Å². The van der Waals surface area contributed by atoms with Crippen molar-refractivity contribution in [3.05, 3.63) is 59.6 Å². The van der Waals surface area contributed by atoms with E-state index in [9.17, 15) is 14.4 Å². The zero-order valence-electron chi connectivity index (χ0n) is 15.7. The highest BCUT2D eigenvalue weighted by atomic mass is 16.5. The van der Waals surface area contributed by atoms with Gasteiger partial charge >= 0.3 is 11.8 Å². The minimum atomic E-state index is -0.822. The van der Waals surface area contributed by atoms with E-state index in [0.717, 1.165) is 0 Å². The van der Waals surface area contributed by atoms with Gasteiger partial charge in [-0.1, -0.05) is 18.2 Å². The summed E-state index contributed by atoms with van der Waals surface area (Å²) in [4.78, 5) is 35.6. The molecule has 2 rings (SSSR count). The molecule has 0 fully saturated rings. The number of anilines is 1. The quantitative estimate of drug-likeness (QED) is 0.266. The molecule has 0 atom stereocenters. The zero-order valence-corrected chi connectivity index (χ0v) is 15.7. The van der Waals surface area contributed by atoms with E-state index in [4.69, 9.17) is 14.4 Å². The third-order valence-electron chi connectivity index (χ3n) is 3.59. The second kappa shape index (κ2) is 11.1. The monoisotopic (exact) mass is 396 g/mol. The molecule has 1 aromatic carbocycles. The van der Waals surface area contributed by atoms with Gasteiger partial charge in [-0.05, 0) is 24.3 Å². The van der Waals surface area contributed by atoms with Crippen LogP contribution >= 0.6 is 0 Å². The lowest BCUT2D eigenvalue weighted by Crippen LogP contribution is -2.34. The number of nitrogens with one attached hydrogen (secondary N) is 3. The first kappa shape index (κ1) is 21.4.